The van der Waals surface area contributed by atoms with Gasteiger partial charge in [0.15, 0.2) is 6.61 Å². The van der Waals surface area contributed by atoms with E-state index in [1.54, 1.807) is 12.1 Å². The Morgan fingerprint density at radius 3 is 2.33 bits per heavy atom. The largest absolute Gasteiger partial charge is 0.481 e. The van der Waals surface area contributed by atoms with Gasteiger partial charge in [-0.15, -0.1) is 0 Å². The molecule has 0 spiro atoms. The van der Waals surface area contributed by atoms with E-state index in [1.807, 2.05) is 47.9 Å². The molecular formula is C29H28N2O5. The number of aromatic nitrogens is 1. The van der Waals surface area contributed by atoms with Crippen LogP contribution in [0.25, 0.3) is 22.0 Å². The topological polar surface area (TPSA) is 101 Å². The number of nitrogens with two attached hydrogens (primary N) is 1. The van der Waals surface area contributed by atoms with Crippen LogP contribution in [0.15, 0.2) is 72.8 Å². The van der Waals surface area contributed by atoms with E-state index in [-0.39, 0.29) is 12.2 Å². The number of ether oxygens (including phenoxy) is 2. The Balaban J connectivity index is 1.94. The number of carbonyl (C=O) groups excluding carboxylic acids is 3. The highest BCUT2D eigenvalue weighted by Gasteiger charge is 2.28. The van der Waals surface area contributed by atoms with E-state index < -0.39 is 17.7 Å². The van der Waals surface area contributed by atoms with Gasteiger partial charge in [0, 0.05) is 12.2 Å². The second-order valence-electron chi connectivity index (χ2n) is 8.39. The van der Waals surface area contributed by atoms with Crippen molar-refractivity contribution in [3.8, 4) is 16.9 Å². The number of primary amides is 1. The van der Waals surface area contributed by atoms with Crippen LogP contribution in [0.4, 0.5) is 0 Å². The molecule has 0 saturated carbocycles. The number of hydrogen-bond acceptors (Lipinski definition) is 5. The van der Waals surface area contributed by atoms with E-state index in [0.29, 0.717) is 35.3 Å². The number of fused-ring (bicyclic) bond motifs is 1. The van der Waals surface area contributed by atoms with E-state index in [4.69, 9.17) is 15.2 Å². The molecule has 36 heavy (non-hydrogen) atoms. The quantitative estimate of drug-likeness (QED) is 0.203. The molecule has 0 radical (unpaired) electrons. The lowest BCUT2D eigenvalue weighted by atomic mass is 9.99. The Morgan fingerprint density at radius 1 is 0.917 bits per heavy atom. The summed E-state index contributed by atoms with van der Waals surface area (Å²) in [5.41, 5.74) is 10.3. The van der Waals surface area contributed by atoms with Crippen LogP contribution in [0, 0.1) is 0 Å². The number of benzene rings is 3. The molecule has 1 amide bonds. The fraction of sp³-hybridized carbons (Fsp3) is 0.207. The first-order valence-electron chi connectivity index (χ1n) is 11.8. The average Bonchev–Trinajstić information content (AvgIpc) is 3.21. The average molecular weight is 485 g/mol. The van der Waals surface area contributed by atoms with Crippen molar-refractivity contribution in [3.05, 3.63) is 89.6 Å². The lowest BCUT2D eigenvalue weighted by Gasteiger charge is -2.15. The van der Waals surface area contributed by atoms with E-state index in [0.717, 1.165) is 23.1 Å². The summed E-state index contributed by atoms with van der Waals surface area (Å²) in [4.78, 5) is 36.9. The molecule has 4 rings (SSSR count). The second kappa shape index (κ2) is 10.9. The maximum Gasteiger partial charge on any atom is 0.343 e. The molecule has 2 N–H and O–H groups in total. The minimum atomic E-state index is -1.04. The summed E-state index contributed by atoms with van der Waals surface area (Å²) in [6, 6.07) is 23.5. The molecule has 3 aromatic carbocycles. The van der Waals surface area contributed by atoms with Crippen molar-refractivity contribution < 1.29 is 23.9 Å². The Hall–Kier alpha value is -4.39. The highest BCUT2D eigenvalue weighted by Crippen LogP contribution is 2.36. The van der Waals surface area contributed by atoms with Crippen LogP contribution in [0.5, 0.6) is 5.75 Å². The summed E-state index contributed by atoms with van der Waals surface area (Å²) in [6.07, 6.45) is 1.29. The van der Waals surface area contributed by atoms with Gasteiger partial charge in [-0.2, -0.15) is 0 Å². The number of methoxy groups -OCH3 is 1. The van der Waals surface area contributed by atoms with Gasteiger partial charge in [-0.05, 0) is 35.2 Å². The van der Waals surface area contributed by atoms with E-state index in [9.17, 15) is 14.4 Å². The van der Waals surface area contributed by atoms with Crippen LogP contribution >= 0.6 is 0 Å². The third-order valence-electron chi connectivity index (χ3n) is 6.10. The van der Waals surface area contributed by atoms with Crippen molar-refractivity contribution in [1.82, 2.24) is 4.57 Å². The van der Waals surface area contributed by atoms with Crippen molar-refractivity contribution in [2.45, 2.75) is 26.3 Å². The summed E-state index contributed by atoms with van der Waals surface area (Å²) in [5.74, 6) is -2.07. The van der Waals surface area contributed by atoms with Crippen LogP contribution in [-0.4, -0.2) is 35.9 Å². The number of nitrogens with zero attached hydrogens (tertiary/aromatic N) is 1. The maximum atomic E-state index is 13.1. The van der Waals surface area contributed by atoms with Gasteiger partial charge < -0.3 is 19.8 Å². The van der Waals surface area contributed by atoms with Crippen molar-refractivity contribution in [2.75, 3.05) is 13.7 Å². The number of carbonyl (C=O) groups is 3. The van der Waals surface area contributed by atoms with Crippen molar-refractivity contribution >= 4 is 28.6 Å². The molecule has 7 heteroatoms. The van der Waals surface area contributed by atoms with Crippen LogP contribution < -0.4 is 10.5 Å². The van der Waals surface area contributed by atoms with Gasteiger partial charge in [0.25, 0.3) is 11.7 Å². The molecule has 0 aliphatic rings. The van der Waals surface area contributed by atoms with Crippen LogP contribution in [0.2, 0.25) is 0 Å². The van der Waals surface area contributed by atoms with Gasteiger partial charge in [-0.25, -0.2) is 4.79 Å². The Kier molecular flexibility index (Phi) is 7.49. The predicted molar refractivity (Wildman–Crippen MR) is 138 cm³/mol. The molecule has 0 fully saturated rings. The van der Waals surface area contributed by atoms with E-state index in [2.05, 4.69) is 24.3 Å². The molecule has 0 saturated heterocycles. The monoisotopic (exact) mass is 484 g/mol. The van der Waals surface area contributed by atoms with Gasteiger partial charge >= 0.3 is 5.97 Å². The molecule has 4 aromatic rings. The number of amides is 1. The van der Waals surface area contributed by atoms with Crippen molar-refractivity contribution in [2.24, 2.45) is 5.73 Å². The van der Waals surface area contributed by atoms with Crippen molar-refractivity contribution in [1.29, 1.82) is 0 Å². The van der Waals surface area contributed by atoms with E-state index >= 15 is 0 Å². The van der Waals surface area contributed by atoms with Crippen molar-refractivity contribution in [3.63, 3.8) is 0 Å². The standard InChI is InChI=1S/C29H28N2O5/c1-3-10-22-27(28(33)29(30)34)26-23(15-9-16-24(26)36-18-25(32)35-2)31(22)17-20-13-7-8-14-21(20)19-11-5-4-6-12-19/h4-9,11-16H,3,10,17-18H2,1-2H3,(H2,30,34). The first-order valence-corrected chi connectivity index (χ1v) is 11.8. The first kappa shape index (κ1) is 24.7. The lowest BCUT2D eigenvalue weighted by Crippen LogP contribution is -2.24. The van der Waals surface area contributed by atoms with E-state index in [1.165, 1.54) is 7.11 Å². The van der Waals surface area contributed by atoms with Gasteiger partial charge in [0.1, 0.15) is 5.75 Å². The molecule has 1 heterocycles. The fourth-order valence-corrected chi connectivity index (χ4v) is 4.51. The van der Waals surface area contributed by atoms with Crippen LogP contribution in [-0.2, 0) is 27.3 Å². The SMILES string of the molecule is CCCc1c(C(=O)C(N)=O)c2c(OCC(=O)OC)cccc2n1Cc1ccccc1-c1ccccc1. The number of esters is 1. The number of Topliss-reactive ketones (excluding diaryl/α,β-unsaturated/α-hetero) is 1. The molecule has 7 nitrogen and oxygen atoms in total. The molecule has 1 aromatic heterocycles. The maximum absolute atomic E-state index is 13.1. The minimum Gasteiger partial charge on any atom is -0.481 e. The second-order valence-corrected chi connectivity index (χ2v) is 8.39. The number of ketones is 1. The summed E-state index contributed by atoms with van der Waals surface area (Å²) in [7, 11) is 1.27. The van der Waals surface area contributed by atoms with Gasteiger partial charge in [-0.1, -0.05) is 74.0 Å². The highest BCUT2D eigenvalue weighted by molar-refractivity contribution is 6.45. The fourth-order valence-electron chi connectivity index (χ4n) is 4.51. The summed E-state index contributed by atoms with van der Waals surface area (Å²) in [5, 5.41) is 0.464. The Morgan fingerprint density at radius 2 is 1.64 bits per heavy atom. The van der Waals surface area contributed by atoms with Crippen LogP contribution in [0.1, 0.15) is 35.0 Å². The lowest BCUT2D eigenvalue weighted by molar-refractivity contribution is -0.142. The Labute approximate surface area is 209 Å². The number of hydrogen-bond donors (Lipinski definition) is 1. The highest BCUT2D eigenvalue weighted by atomic mass is 16.6. The summed E-state index contributed by atoms with van der Waals surface area (Å²) < 4.78 is 12.5. The first-order chi connectivity index (χ1) is 17.5. The van der Waals surface area contributed by atoms with Gasteiger partial charge in [-0.3, -0.25) is 9.59 Å². The molecule has 0 bridgehead atoms. The predicted octanol–water partition coefficient (Wildman–Crippen LogP) is 4.53. The third kappa shape index (κ3) is 4.86. The number of rotatable bonds is 10. The zero-order valence-electron chi connectivity index (χ0n) is 20.3. The zero-order valence-corrected chi connectivity index (χ0v) is 20.3. The third-order valence-corrected chi connectivity index (χ3v) is 6.10. The molecular weight excluding hydrogens is 456 g/mol. The molecule has 0 aliphatic heterocycles. The molecule has 184 valence electrons. The minimum absolute atomic E-state index is 0.219. The summed E-state index contributed by atoms with van der Waals surface area (Å²) >= 11 is 0. The van der Waals surface area contributed by atoms with Crippen LogP contribution in [0.3, 0.4) is 0 Å². The van der Waals surface area contributed by atoms with Gasteiger partial charge in [0.05, 0.1) is 23.6 Å². The normalized spacial score (nSPS) is 10.8. The smallest absolute Gasteiger partial charge is 0.343 e. The Bertz CT molecular complexity index is 1420. The molecule has 0 unspecified atom stereocenters. The van der Waals surface area contributed by atoms with Gasteiger partial charge in [0.2, 0.25) is 0 Å². The molecule has 0 atom stereocenters. The zero-order chi connectivity index (χ0) is 25.7. The molecule has 0 aliphatic carbocycles. The summed E-state index contributed by atoms with van der Waals surface area (Å²) in [6.45, 7) is 2.14.